The summed E-state index contributed by atoms with van der Waals surface area (Å²) in [5.74, 6) is 0.180. The van der Waals surface area contributed by atoms with Crippen LogP contribution in [0.1, 0.15) is 41.5 Å². The summed E-state index contributed by atoms with van der Waals surface area (Å²) in [4.78, 5) is 15.1. The maximum Gasteiger partial charge on any atom is 0.253 e. The lowest BCUT2D eigenvalue weighted by atomic mass is 9.97. The second-order valence-corrected chi connectivity index (χ2v) is 7.16. The lowest BCUT2D eigenvalue weighted by molar-refractivity contribution is 0.0936. The van der Waals surface area contributed by atoms with Gasteiger partial charge in [-0.2, -0.15) is 0 Å². The van der Waals surface area contributed by atoms with Crippen molar-refractivity contribution < 1.29 is 9.18 Å². The molecule has 1 aromatic heterocycles. The molecule has 1 aliphatic heterocycles. The number of amides is 1. The van der Waals surface area contributed by atoms with E-state index in [1.807, 2.05) is 24.5 Å². The number of para-hydroxylation sites is 1. The third-order valence-corrected chi connectivity index (χ3v) is 5.47. The highest BCUT2D eigenvalue weighted by Gasteiger charge is 2.21. The molecule has 0 aliphatic carbocycles. The molecule has 140 valence electrons. The maximum absolute atomic E-state index is 14.2. The molecule has 2 heterocycles. The minimum absolute atomic E-state index is 0.0707. The van der Waals surface area contributed by atoms with E-state index >= 15 is 0 Å². The number of hydrogen-bond donors (Lipinski definition) is 1. The number of nitrogens with zero attached hydrogens (tertiary/aromatic N) is 2. The predicted molar refractivity (Wildman–Crippen MR) is 102 cm³/mol. The fraction of sp³-hybridized carbons (Fsp3) is 0.476. The number of halogens is 1. The smallest absolute Gasteiger partial charge is 0.253 e. The van der Waals surface area contributed by atoms with Gasteiger partial charge < -0.3 is 14.8 Å². The zero-order valence-corrected chi connectivity index (χ0v) is 15.9. The lowest BCUT2D eigenvalue weighted by Crippen LogP contribution is -2.38. The Morgan fingerprint density at radius 2 is 1.92 bits per heavy atom. The van der Waals surface area contributed by atoms with E-state index in [0.29, 0.717) is 23.7 Å². The van der Waals surface area contributed by atoms with Crippen molar-refractivity contribution in [1.82, 2.24) is 14.8 Å². The van der Waals surface area contributed by atoms with Crippen molar-refractivity contribution in [1.29, 1.82) is 0 Å². The number of likely N-dealkylation sites (tertiary alicyclic amines) is 1. The van der Waals surface area contributed by atoms with Gasteiger partial charge in [-0.25, -0.2) is 4.39 Å². The van der Waals surface area contributed by atoms with E-state index in [2.05, 4.69) is 17.1 Å². The molecule has 4 nitrogen and oxygen atoms in total. The molecule has 26 heavy (non-hydrogen) atoms. The van der Waals surface area contributed by atoms with Crippen LogP contribution in [0.3, 0.4) is 0 Å². The molecule has 1 aromatic carbocycles. The predicted octanol–water partition coefficient (Wildman–Crippen LogP) is 3.69. The van der Waals surface area contributed by atoms with Gasteiger partial charge in [0.15, 0.2) is 0 Å². The normalized spacial score (nSPS) is 16.0. The summed E-state index contributed by atoms with van der Waals surface area (Å²) in [6.07, 6.45) is 2.25. The molecule has 0 unspecified atom stereocenters. The summed E-state index contributed by atoms with van der Waals surface area (Å²) >= 11 is 0. The summed E-state index contributed by atoms with van der Waals surface area (Å²) in [5, 5.41) is 3.08. The molecule has 0 saturated carbocycles. The number of aromatic nitrogens is 1. The number of carbonyl (C=O) groups excluding carboxylic acids is 1. The first-order chi connectivity index (χ1) is 12.5. The standard InChI is InChI=1S/C21H28FN3O/c1-4-24-11-9-17(10-12-24)14-23-21(26)18-13-15(2)25(16(18)3)20-8-6-5-7-19(20)22/h5-8,13,17H,4,9-12,14H2,1-3H3,(H,23,26). The minimum Gasteiger partial charge on any atom is -0.352 e. The van der Waals surface area contributed by atoms with E-state index in [1.54, 1.807) is 18.2 Å². The maximum atomic E-state index is 14.2. The van der Waals surface area contributed by atoms with Crippen molar-refractivity contribution in [3.63, 3.8) is 0 Å². The van der Waals surface area contributed by atoms with Crippen molar-refractivity contribution in [2.75, 3.05) is 26.2 Å². The fourth-order valence-corrected chi connectivity index (χ4v) is 3.84. The van der Waals surface area contributed by atoms with E-state index in [9.17, 15) is 9.18 Å². The molecule has 1 saturated heterocycles. The molecule has 1 fully saturated rings. The Hall–Kier alpha value is -2.14. The average molecular weight is 357 g/mol. The van der Waals surface area contributed by atoms with Gasteiger partial charge in [0.25, 0.3) is 5.91 Å². The zero-order chi connectivity index (χ0) is 18.7. The fourth-order valence-electron chi connectivity index (χ4n) is 3.84. The van der Waals surface area contributed by atoms with Gasteiger partial charge in [-0.05, 0) is 70.4 Å². The molecule has 0 atom stereocenters. The molecule has 0 bridgehead atoms. The van der Waals surface area contributed by atoms with E-state index in [4.69, 9.17) is 0 Å². The van der Waals surface area contributed by atoms with Gasteiger partial charge in [-0.3, -0.25) is 4.79 Å². The number of nitrogens with one attached hydrogen (secondary N) is 1. The highest BCUT2D eigenvalue weighted by Crippen LogP contribution is 2.23. The number of piperidine rings is 1. The molecule has 2 aromatic rings. The van der Waals surface area contributed by atoms with Crippen molar-refractivity contribution in [3.8, 4) is 5.69 Å². The summed E-state index contributed by atoms with van der Waals surface area (Å²) in [5.41, 5.74) is 2.73. The van der Waals surface area contributed by atoms with Crippen LogP contribution in [0, 0.1) is 25.6 Å². The first-order valence-electron chi connectivity index (χ1n) is 9.45. The van der Waals surface area contributed by atoms with Crippen LogP contribution in [0.5, 0.6) is 0 Å². The zero-order valence-electron chi connectivity index (χ0n) is 15.9. The van der Waals surface area contributed by atoms with Crippen molar-refractivity contribution in [3.05, 3.63) is 53.1 Å². The Morgan fingerprint density at radius 1 is 1.23 bits per heavy atom. The molecule has 5 heteroatoms. The molecule has 0 radical (unpaired) electrons. The SMILES string of the molecule is CCN1CCC(CNC(=O)c2cc(C)n(-c3ccccc3F)c2C)CC1. The highest BCUT2D eigenvalue weighted by atomic mass is 19.1. The van der Waals surface area contributed by atoms with Gasteiger partial charge in [-0.1, -0.05) is 19.1 Å². The largest absolute Gasteiger partial charge is 0.352 e. The van der Waals surface area contributed by atoms with Crippen LogP contribution in [-0.4, -0.2) is 41.6 Å². The second kappa shape index (κ2) is 8.04. The van der Waals surface area contributed by atoms with Gasteiger partial charge in [0.05, 0.1) is 11.3 Å². The number of benzene rings is 1. The van der Waals surface area contributed by atoms with Gasteiger partial charge in [0.2, 0.25) is 0 Å². The van der Waals surface area contributed by atoms with E-state index in [-0.39, 0.29) is 11.7 Å². The quantitative estimate of drug-likeness (QED) is 0.886. The average Bonchev–Trinajstić information content (AvgIpc) is 2.95. The molecule has 0 spiro atoms. The third kappa shape index (κ3) is 3.83. The van der Waals surface area contributed by atoms with Crippen molar-refractivity contribution in [2.24, 2.45) is 5.92 Å². The van der Waals surface area contributed by atoms with Gasteiger partial charge in [-0.15, -0.1) is 0 Å². The Kier molecular flexibility index (Phi) is 5.77. The Bertz CT molecular complexity index is 776. The van der Waals surface area contributed by atoms with Crippen LogP contribution in [0.2, 0.25) is 0 Å². The highest BCUT2D eigenvalue weighted by molar-refractivity contribution is 5.95. The van der Waals surface area contributed by atoms with Crippen LogP contribution in [0.4, 0.5) is 4.39 Å². The molecular weight excluding hydrogens is 329 g/mol. The number of hydrogen-bond acceptors (Lipinski definition) is 2. The molecule has 1 N–H and O–H groups in total. The number of rotatable bonds is 5. The van der Waals surface area contributed by atoms with E-state index < -0.39 is 0 Å². The molecule has 1 aliphatic rings. The van der Waals surface area contributed by atoms with Crippen molar-refractivity contribution >= 4 is 5.91 Å². The second-order valence-electron chi connectivity index (χ2n) is 7.16. The lowest BCUT2D eigenvalue weighted by Gasteiger charge is -2.31. The number of carbonyl (C=O) groups is 1. The van der Waals surface area contributed by atoms with Gasteiger partial charge in [0, 0.05) is 17.9 Å². The van der Waals surface area contributed by atoms with Crippen LogP contribution in [0.15, 0.2) is 30.3 Å². The summed E-state index contributed by atoms with van der Waals surface area (Å²) < 4.78 is 16.0. The molecule has 1 amide bonds. The molecule has 3 rings (SSSR count). The minimum atomic E-state index is -0.288. The Morgan fingerprint density at radius 3 is 2.58 bits per heavy atom. The Balaban J connectivity index is 1.69. The Labute approximate surface area is 155 Å². The summed E-state index contributed by atoms with van der Waals surface area (Å²) in [6.45, 7) is 9.98. The first-order valence-corrected chi connectivity index (χ1v) is 9.45. The van der Waals surface area contributed by atoms with Gasteiger partial charge in [0.1, 0.15) is 5.82 Å². The van der Waals surface area contributed by atoms with Crippen molar-refractivity contribution in [2.45, 2.75) is 33.6 Å². The summed E-state index contributed by atoms with van der Waals surface area (Å²) in [6, 6.07) is 8.50. The van der Waals surface area contributed by atoms with Crippen LogP contribution in [0.25, 0.3) is 5.69 Å². The number of aryl methyl sites for hydroxylation is 1. The van der Waals surface area contributed by atoms with E-state index in [1.165, 1.54) is 6.07 Å². The van der Waals surface area contributed by atoms with Crippen LogP contribution < -0.4 is 5.32 Å². The first kappa shape index (κ1) is 18.6. The molecular formula is C21H28FN3O. The monoisotopic (exact) mass is 357 g/mol. The topological polar surface area (TPSA) is 37.3 Å². The van der Waals surface area contributed by atoms with Gasteiger partial charge >= 0.3 is 0 Å². The summed E-state index contributed by atoms with van der Waals surface area (Å²) in [7, 11) is 0. The van der Waals surface area contributed by atoms with Crippen LogP contribution in [-0.2, 0) is 0 Å². The van der Waals surface area contributed by atoms with Crippen LogP contribution >= 0.6 is 0 Å². The third-order valence-electron chi connectivity index (χ3n) is 5.47. The van der Waals surface area contributed by atoms with E-state index in [0.717, 1.165) is 43.9 Å².